The summed E-state index contributed by atoms with van der Waals surface area (Å²) in [7, 11) is -3.89. The zero-order valence-electron chi connectivity index (χ0n) is 16.1. The molecule has 0 unspecified atom stereocenters. The molecule has 0 atom stereocenters. The fourth-order valence-corrected chi connectivity index (χ4v) is 5.38. The number of nitrogens with zero attached hydrogens (tertiary/aromatic N) is 1. The minimum atomic E-state index is -3.89. The van der Waals surface area contributed by atoms with Crippen LogP contribution in [0.15, 0.2) is 65.6 Å². The van der Waals surface area contributed by atoms with Crippen LogP contribution in [0.5, 0.6) is 0 Å². The number of halogens is 3. The predicted molar refractivity (Wildman–Crippen MR) is 120 cm³/mol. The first-order valence-electron chi connectivity index (χ1n) is 9.43. The van der Waals surface area contributed by atoms with Gasteiger partial charge in [-0.25, -0.2) is 12.8 Å². The molecule has 0 fully saturated rings. The Hall–Kier alpha value is -2.61. The van der Waals surface area contributed by atoms with Crippen LogP contribution in [-0.2, 0) is 16.4 Å². The quantitative estimate of drug-likeness (QED) is 0.536. The van der Waals surface area contributed by atoms with Crippen molar-refractivity contribution >= 4 is 50.5 Å². The molecule has 1 heterocycles. The lowest BCUT2D eigenvalue weighted by atomic mass is 10.0. The Morgan fingerprint density at radius 2 is 1.74 bits per heavy atom. The van der Waals surface area contributed by atoms with E-state index in [9.17, 15) is 17.6 Å². The van der Waals surface area contributed by atoms with Crippen LogP contribution in [0.3, 0.4) is 0 Å². The van der Waals surface area contributed by atoms with Crippen LogP contribution in [0.4, 0.5) is 15.8 Å². The number of carbonyl (C=O) groups is 1. The number of rotatable bonds is 4. The van der Waals surface area contributed by atoms with Crippen molar-refractivity contribution in [2.45, 2.75) is 17.7 Å². The Kier molecular flexibility index (Phi) is 5.92. The van der Waals surface area contributed by atoms with Crippen LogP contribution in [0.25, 0.3) is 0 Å². The third-order valence-electron chi connectivity index (χ3n) is 4.99. The summed E-state index contributed by atoms with van der Waals surface area (Å²) in [6.45, 7) is 0.282. The van der Waals surface area contributed by atoms with Crippen molar-refractivity contribution in [3.63, 3.8) is 0 Å². The maximum Gasteiger partial charge on any atom is 0.264 e. The van der Waals surface area contributed by atoms with Crippen molar-refractivity contribution in [1.82, 2.24) is 0 Å². The van der Waals surface area contributed by atoms with E-state index in [1.54, 1.807) is 24.3 Å². The Balaban J connectivity index is 1.67. The molecule has 1 N–H and O–H groups in total. The molecule has 160 valence electrons. The Bertz CT molecular complexity index is 1260. The fourth-order valence-electron chi connectivity index (χ4n) is 3.47. The second-order valence-electron chi connectivity index (χ2n) is 7.06. The largest absolute Gasteiger partial charge is 0.322 e. The normalized spacial score (nSPS) is 13.6. The van der Waals surface area contributed by atoms with Crippen LogP contribution < -0.4 is 9.62 Å². The van der Waals surface area contributed by atoms with Gasteiger partial charge in [0, 0.05) is 17.3 Å². The molecule has 0 spiro atoms. The van der Waals surface area contributed by atoms with Crippen LogP contribution in [-0.4, -0.2) is 20.9 Å². The average molecular weight is 479 g/mol. The average Bonchev–Trinajstić information content (AvgIpc) is 2.75. The number of hydrogen-bond acceptors (Lipinski definition) is 3. The smallest absolute Gasteiger partial charge is 0.264 e. The molecule has 3 aromatic carbocycles. The molecule has 31 heavy (non-hydrogen) atoms. The summed E-state index contributed by atoms with van der Waals surface area (Å²) in [4.78, 5) is 12.7. The van der Waals surface area contributed by atoms with Gasteiger partial charge in [-0.2, -0.15) is 0 Å². The Labute approximate surface area is 189 Å². The minimum Gasteiger partial charge on any atom is -0.322 e. The van der Waals surface area contributed by atoms with Gasteiger partial charge in [0.25, 0.3) is 15.9 Å². The highest BCUT2D eigenvalue weighted by molar-refractivity contribution is 7.92. The lowest BCUT2D eigenvalue weighted by Gasteiger charge is -2.31. The lowest BCUT2D eigenvalue weighted by molar-refractivity contribution is 0.102. The van der Waals surface area contributed by atoms with Gasteiger partial charge in [0.05, 0.1) is 21.2 Å². The standard InChI is InChI=1S/C22H17Cl2FN2O3S/c23-15-4-10-20(24)19(12-15)22(28)26-17-7-3-14-2-1-11-27(21(14)13-17)31(29,30)18-8-5-16(25)6-9-18/h3-10,12-13H,1-2,11H2,(H,26,28). The second-order valence-corrected chi connectivity index (χ2v) is 9.76. The van der Waals surface area contributed by atoms with Crippen molar-refractivity contribution in [2.75, 3.05) is 16.2 Å². The first-order valence-corrected chi connectivity index (χ1v) is 11.6. The van der Waals surface area contributed by atoms with E-state index in [4.69, 9.17) is 23.2 Å². The summed E-state index contributed by atoms with van der Waals surface area (Å²) >= 11 is 12.1. The summed E-state index contributed by atoms with van der Waals surface area (Å²) in [5.74, 6) is -0.973. The van der Waals surface area contributed by atoms with Crippen LogP contribution >= 0.6 is 23.2 Å². The zero-order valence-corrected chi connectivity index (χ0v) is 18.4. The van der Waals surface area contributed by atoms with E-state index >= 15 is 0 Å². The van der Waals surface area contributed by atoms with Gasteiger partial charge in [-0.05, 0) is 73.0 Å². The van der Waals surface area contributed by atoms with Gasteiger partial charge in [-0.1, -0.05) is 29.3 Å². The third-order valence-corrected chi connectivity index (χ3v) is 7.39. The highest BCUT2D eigenvalue weighted by Crippen LogP contribution is 2.34. The molecule has 9 heteroatoms. The van der Waals surface area contributed by atoms with Crippen molar-refractivity contribution in [1.29, 1.82) is 0 Å². The van der Waals surface area contributed by atoms with E-state index in [0.717, 1.165) is 17.7 Å². The zero-order chi connectivity index (χ0) is 22.2. The topological polar surface area (TPSA) is 66.5 Å². The number of aryl methyl sites for hydroxylation is 1. The van der Waals surface area contributed by atoms with Gasteiger partial charge in [0.15, 0.2) is 0 Å². The molecule has 0 radical (unpaired) electrons. The van der Waals surface area contributed by atoms with E-state index < -0.39 is 21.7 Å². The second kappa shape index (κ2) is 8.49. The highest BCUT2D eigenvalue weighted by atomic mass is 35.5. The number of hydrogen-bond donors (Lipinski definition) is 1. The molecule has 1 aliphatic heterocycles. The molecule has 1 amide bonds. The van der Waals surface area contributed by atoms with E-state index in [1.807, 2.05) is 0 Å². The summed E-state index contributed by atoms with van der Waals surface area (Å²) < 4.78 is 40.9. The monoisotopic (exact) mass is 478 g/mol. The number of carbonyl (C=O) groups excluding carboxylic acids is 1. The molecule has 0 aromatic heterocycles. The molecule has 4 rings (SSSR count). The number of amides is 1. The maximum atomic E-state index is 13.3. The van der Waals surface area contributed by atoms with Gasteiger partial charge < -0.3 is 5.32 Å². The molecule has 0 bridgehead atoms. The molecule has 0 saturated heterocycles. The number of sulfonamides is 1. The van der Waals surface area contributed by atoms with Crippen molar-refractivity contribution in [3.05, 3.63) is 87.7 Å². The van der Waals surface area contributed by atoms with Gasteiger partial charge >= 0.3 is 0 Å². The van der Waals surface area contributed by atoms with E-state index in [2.05, 4.69) is 5.32 Å². The number of fused-ring (bicyclic) bond motifs is 1. The molecule has 3 aromatic rings. The van der Waals surface area contributed by atoms with Crippen molar-refractivity contribution < 1.29 is 17.6 Å². The van der Waals surface area contributed by atoms with Crippen molar-refractivity contribution in [3.8, 4) is 0 Å². The molecule has 5 nitrogen and oxygen atoms in total. The first kappa shape index (κ1) is 21.6. The summed E-state index contributed by atoms with van der Waals surface area (Å²) in [5, 5.41) is 3.36. The SMILES string of the molecule is O=C(Nc1ccc2c(c1)N(S(=O)(=O)c1ccc(F)cc1)CCC2)c1cc(Cl)ccc1Cl. The molecule has 1 aliphatic rings. The van der Waals surface area contributed by atoms with E-state index in [-0.39, 0.29) is 22.0 Å². The van der Waals surface area contributed by atoms with Gasteiger partial charge in [-0.3, -0.25) is 9.10 Å². The van der Waals surface area contributed by atoms with Crippen LogP contribution in [0.1, 0.15) is 22.3 Å². The third kappa shape index (κ3) is 4.39. The van der Waals surface area contributed by atoms with Crippen LogP contribution in [0.2, 0.25) is 10.0 Å². The van der Waals surface area contributed by atoms with Gasteiger partial charge in [-0.15, -0.1) is 0 Å². The number of benzene rings is 3. The summed E-state index contributed by atoms with van der Waals surface area (Å²) in [5.41, 5.74) is 1.95. The van der Waals surface area contributed by atoms with Gasteiger partial charge in [0.1, 0.15) is 5.82 Å². The Morgan fingerprint density at radius 1 is 1.00 bits per heavy atom. The number of nitrogens with one attached hydrogen (secondary N) is 1. The fraction of sp³-hybridized carbons (Fsp3) is 0.136. The predicted octanol–water partition coefficient (Wildman–Crippen LogP) is 5.53. The van der Waals surface area contributed by atoms with E-state index in [0.29, 0.717) is 29.2 Å². The molecule has 0 aliphatic carbocycles. The molecular weight excluding hydrogens is 462 g/mol. The summed E-state index contributed by atoms with van der Waals surface area (Å²) in [6.07, 6.45) is 1.36. The Morgan fingerprint density at radius 3 is 2.48 bits per heavy atom. The minimum absolute atomic E-state index is 0.00176. The number of anilines is 2. The highest BCUT2D eigenvalue weighted by Gasteiger charge is 2.29. The molecular formula is C22H17Cl2FN2O3S. The van der Waals surface area contributed by atoms with E-state index in [1.165, 1.54) is 28.6 Å². The molecule has 0 saturated carbocycles. The van der Waals surface area contributed by atoms with Gasteiger partial charge in [0.2, 0.25) is 0 Å². The summed E-state index contributed by atoms with van der Waals surface area (Å²) in [6, 6.07) is 14.4. The maximum absolute atomic E-state index is 13.3. The first-order chi connectivity index (χ1) is 14.8. The van der Waals surface area contributed by atoms with Crippen LogP contribution in [0, 0.1) is 5.82 Å². The lowest BCUT2D eigenvalue weighted by Crippen LogP contribution is -2.35. The van der Waals surface area contributed by atoms with Crippen molar-refractivity contribution in [2.24, 2.45) is 0 Å².